The van der Waals surface area contributed by atoms with Crippen LogP contribution in [0.25, 0.3) is 0 Å². The molecule has 0 saturated carbocycles. The van der Waals surface area contributed by atoms with E-state index in [1.54, 1.807) is 0 Å². The molecular formula is C13H20N6O. The molecule has 2 aliphatic rings. The minimum Gasteiger partial charge on any atom is -0.342 e. The minimum absolute atomic E-state index is 0.274. The van der Waals surface area contributed by atoms with Gasteiger partial charge in [0.25, 0.3) is 0 Å². The zero-order chi connectivity index (χ0) is 13.8. The first-order valence-electron chi connectivity index (χ1n) is 7.20. The smallest absolute Gasteiger partial charge is 0.236 e. The van der Waals surface area contributed by atoms with Crippen LogP contribution in [0.15, 0.2) is 12.7 Å². The number of amides is 1. The van der Waals surface area contributed by atoms with Crippen LogP contribution in [0.2, 0.25) is 0 Å². The largest absolute Gasteiger partial charge is 0.342 e. The lowest BCUT2D eigenvalue weighted by atomic mass is 10.3. The Bertz CT molecular complexity index is 439. The third-order valence-corrected chi connectivity index (χ3v) is 3.95. The molecule has 1 aromatic heterocycles. The highest BCUT2D eigenvalue weighted by atomic mass is 16.2. The third kappa shape index (κ3) is 3.04. The van der Waals surface area contributed by atoms with E-state index in [-0.39, 0.29) is 5.91 Å². The Morgan fingerprint density at radius 3 is 2.30 bits per heavy atom. The van der Waals surface area contributed by atoms with Crippen LogP contribution in [0.3, 0.4) is 0 Å². The van der Waals surface area contributed by atoms with Crippen LogP contribution in [0.4, 0.5) is 5.95 Å². The molecule has 20 heavy (non-hydrogen) atoms. The maximum Gasteiger partial charge on any atom is 0.236 e. The Morgan fingerprint density at radius 2 is 1.65 bits per heavy atom. The Kier molecular flexibility index (Phi) is 4.05. The van der Waals surface area contributed by atoms with Gasteiger partial charge in [-0.2, -0.15) is 0 Å². The lowest BCUT2D eigenvalue weighted by Gasteiger charge is -2.34. The number of carbonyl (C=O) groups excluding carboxylic acids is 1. The van der Waals surface area contributed by atoms with Crippen molar-refractivity contribution >= 4 is 11.9 Å². The van der Waals surface area contributed by atoms with Crippen molar-refractivity contribution in [3.8, 4) is 0 Å². The fraction of sp³-hybridized carbons (Fsp3) is 0.692. The molecule has 7 nitrogen and oxygen atoms in total. The summed E-state index contributed by atoms with van der Waals surface area (Å²) in [4.78, 5) is 30.6. The summed E-state index contributed by atoms with van der Waals surface area (Å²) in [7, 11) is 0. The number of anilines is 1. The van der Waals surface area contributed by atoms with E-state index in [1.807, 2.05) is 4.90 Å². The summed E-state index contributed by atoms with van der Waals surface area (Å²) in [5.41, 5.74) is 0. The van der Waals surface area contributed by atoms with Crippen molar-refractivity contribution in [2.45, 2.75) is 12.8 Å². The topological polar surface area (TPSA) is 65.5 Å². The van der Waals surface area contributed by atoms with Gasteiger partial charge in [-0.05, 0) is 12.8 Å². The Morgan fingerprint density at radius 1 is 1.00 bits per heavy atom. The second-order valence-electron chi connectivity index (χ2n) is 5.29. The number of hydrogen-bond donors (Lipinski definition) is 0. The molecule has 2 aliphatic heterocycles. The van der Waals surface area contributed by atoms with E-state index in [4.69, 9.17) is 0 Å². The van der Waals surface area contributed by atoms with Crippen LogP contribution in [0.5, 0.6) is 0 Å². The van der Waals surface area contributed by atoms with Crippen LogP contribution in [0, 0.1) is 0 Å². The lowest BCUT2D eigenvalue weighted by Crippen LogP contribution is -2.50. The first-order valence-corrected chi connectivity index (χ1v) is 7.20. The van der Waals surface area contributed by atoms with Crippen LogP contribution in [-0.4, -0.2) is 76.5 Å². The summed E-state index contributed by atoms with van der Waals surface area (Å²) in [6.07, 6.45) is 5.34. The van der Waals surface area contributed by atoms with Crippen LogP contribution in [0.1, 0.15) is 12.8 Å². The van der Waals surface area contributed by atoms with E-state index < -0.39 is 0 Å². The van der Waals surface area contributed by atoms with Crippen molar-refractivity contribution < 1.29 is 4.79 Å². The van der Waals surface area contributed by atoms with E-state index >= 15 is 0 Å². The molecule has 0 N–H and O–H groups in total. The van der Waals surface area contributed by atoms with Crippen molar-refractivity contribution in [2.75, 3.05) is 50.7 Å². The van der Waals surface area contributed by atoms with Crippen molar-refractivity contribution in [2.24, 2.45) is 0 Å². The molecule has 2 fully saturated rings. The van der Waals surface area contributed by atoms with Crippen LogP contribution >= 0.6 is 0 Å². The molecule has 0 atom stereocenters. The van der Waals surface area contributed by atoms with Gasteiger partial charge in [0, 0.05) is 39.3 Å². The molecule has 0 radical (unpaired) electrons. The molecule has 2 saturated heterocycles. The number of nitrogens with zero attached hydrogens (tertiary/aromatic N) is 6. The number of piperazine rings is 1. The van der Waals surface area contributed by atoms with Gasteiger partial charge in [-0.1, -0.05) is 0 Å². The molecule has 108 valence electrons. The highest BCUT2D eigenvalue weighted by molar-refractivity contribution is 5.78. The number of hydrogen-bond acceptors (Lipinski definition) is 6. The molecule has 3 heterocycles. The predicted octanol–water partition coefficient (Wildman–Crippen LogP) is -0.384. The maximum atomic E-state index is 12.1. The number of carbonyl (C=O) groups is 1. The Labute approximate surface area is 118 Å². The van der Waals surface area contributed by atoms with Gasteiger partial charge in [-0.15, -0.1) is 0 Å². The second-order valence-corrected chi connectivity index (χ2v) is 5.29. The zero-order valence-electron chi connectivity index (χ0n) is 11.6. The lowest BCUT2D eigenvalue weighted by molar-refractivity contribution is -0.131. The highest BCUT2D eigenvalue weighted by Crippen LogP contribution is 2.11. The number of likely N-dealkylation sites (tertiary alicyclic amines) is 1. The SMILES string of the molecule is O=C(CN1CCN(c2ncncn2)CC1)N1CCCC1. The molecule has 0 aliphatic carbocycles. The zero-order valence-corrected chi connectivity index (χ0v) is 11.6. The Hall–Kier alpha value is -1.76. The standard InChI is InChI=1S/C13H20N6O/c20-12(18-3-1-2-4-18)9-17-5-7-19(8-6-17)13-15-10-14-11-16-13/h10-11H,1-9H2. The van der Waals surface area contributed by atoms with E-state index in [2.05, 4.69) is 24.8 Å². The van der Waals surface area contributed by atoms with Gasteiger partial charge in [-0.3, -0.25) is 9.69 Å². The number of aromatic nitrogens is 3. The van der Waals surface area contributed by atoms with Crippen molar-refractivity contribution in [1.82, 2.24) is 24.8 Å². The molecule has 0 bridgehead atoms. The van der Waals surface area contributed by atoms with Gasteiger partial charge in [0.2, 0.25) is 11.9 Å². The average Bonchev–Trinajstić information content (AvgIpc) is 3.03. The predicted molar refractivity (Wildman–Crippen MR) is 74.3 cm³/mol. The summed E-state index contributed by atoms with van der Waals surface area (Å²) in [5, 5.41) is 0. The molecule has 7 heteroatoms. The van der Waals surface area contributed by atoms with E-state index in [0.717, 1.165) is 58.1 Å². The summed E-state index contributed by atoms with van der Waals surface area (Å²) in [5.74, 6) is 1.00. The fourth-order valence-electron chi connectivity index (χ4n) is 2.76. The minimum atomic E-state index is 0.274. The molecule has 0 spiro atoms. The summed E-state index contributed by atoms with van der Waals surface area (Å²) < 4.78 is 0. The van der Waals surface area contributed by atoms with Gasteiger partial charge < -0.3 is 9.80 Å². The van der Waals surface area contributed by atoms with Crippen molar-refractivity contribution in [1.29, 1.82) is 0 Å². The van der Waals surface area contributed by atoms with Gasteiger partial charge >= 0.3 is 0 Å². The average molecular weight is 276 g/mol. The second kappa shape index (κ2) is 6.13. The van der Waals surface area contributed by atoms with E-state index in [9.17, 15) is 4.79 Å². The third-order valence-electron chi connectivity index (χ3n) is 3.95. The summed E-state index contributed by atoms with van der Waals surface area (Å²) in [6, 6.07) is 0. The first kappa shape index (κ1) is 13.2. The Balaban J connectivity index is 1.47. The van der Waals surface area contributed by atoms with E-state index in [0.29, 0.717) is 6.54 Å². The maximum absolute atomic E-state index is 12.1. The van der Waals surface area contributed by atoms with E-state index in [1.165, 1.54) is 12.7 Å². The van der Waals surface area contributed by atoms with Crippen molar-refractivity contribution in [3.05, 3.63) is 12.7 Å². The van der Waals surface area contributed by atoms with Crippen LogP contribution in [-0.2, 0) is 4.79 Å². The monoisotopic (exact) mass is 276 g/mol. The number of rotatable bonds is 3. The molecule has 1 amide bonds. The van der Waals surface area contributed by atoms with Crippen LogP contribution < -0.4 is 4.90 Å². The molecular weight excluding hydrogens is 256 g/mol. The fourth-order valence-corrected chi connectivity index (χ4v) is 2.76. The van der Waals surface area contributed by atoms with Crippen molar-refractivity contribution in [3.63, 3.8) is 0 Å². The summed E-state index contributed by atoms with van der Waals surface area (Å²) >= 11 is 0. The molecule has 1 aromatic rings. The highest BCUT2D eigenvalue weighted by Gasteiger charge is 2.24. The first-order chi connectivity index (χ1) is 9.83. The molecule has 3 rings (SSSR count). The van der Waals surface area contributed by atoms with Gasteiger partial charge in [0.15, 0.2) is 0 Å². The van der Waals surface area contributed by atoms with Gasteiger partial charge in [-0.25, -0.2) is 15.0 Å². The van der Waals surface area contributed by atoms with Gasteiger partial charge in [0.05, 0.1) is 6.54 Å². The molecule has 0 aromatic carbocycles. The quantitative estimate of drug-likeness (QED) is 0.749. The summed E-state index contributed by atoms with van der Waals surface area (Å²) in [6.45, 7) is 5.89. The normalized spacial score (nSPS) is 20.4. The molecule has 0 unspecified atom stereocenters. The van der Waals surface area contributed by atoms with Gasteiger partial charge in [0.1, 0.15) is 12.7 Å².